The van der Waals surface area contributed by atoms with Crippen molar-refractivity contribution in [1.82, 2.24) is 0 Å². The minimum Gasteiger partial charge on any atom is -0.300 e. The van der Waals surface area contributed by atoms with Crippen LogP contribution in [-0.2, 0) is 9.59 Å². The summed E-state index contributed by atoms with van der Waals surface area (Å²) in [5.41, 5.74) is 0. The maximum Gasteiger partial charge on any atom is 0.133 e. The number of ketones is 2. The van der Waals surface area contributed by atoms with E-state index in [0.717, 1.165) is 19.3 Å². The zero-order valence-corrected chi connectivity index (χ0v) is 10.1. The summed E-state index contributed by atoms with van der Waals surface area (Å²) in [4.78, 5) is 22.8. The normalized spacial score (nSPS) is 31.3. The Kier molecular flexibility index (Phi) is 4.49. The summed E-state index contributed by atoms with van der Waals surface area (Å²) >= 11 is 0. The van der Waals surface area contributed by atoms with Gasteiger partial charge in [-0.1, -0.05) is 19.8 Å². The first-order chi connectivity index (χ1) is 7.06. The Morgan fingerprint density at radius 3 is 2.20 bits per heavy atom. The summed E-state index contributed by atoms with van der Waals surface area (Å²) < 4.78 is 0. The molecule has 0 aliphatic heterocycles. The van der Waals surface area contributed by atoms with Crippen LogP contribution in [0.3, 0.4) is 0 Å². The predicted octanol–water partition coefficient (Wildman–Crippen LogP) is 3.00. The van der Waals surface area contributed by atoms with Gasteiger partial charge in [-0.15, -0.1) is 0 Å². The molecule has 15 heavy (non-hydrogen) atoms. The molecule has 0 bridgehead atoms. The van der Waals surface area contributed by atoms with Gasteiger partial charge in [0, 0.05) is 12.3 Å². The Morgan fingerprint density at radius 1 is 1.13 bits per heavy atom. The smallest absolute Gasteiger partial charge is 0.133 e. The molecule has 0 aromatic rings. The quantitative estimate of drug-likeness (QED) is 0.714. The van der Waals surface area contributed by atoms with Crippen LogP contribution in [0.4, 0.5) is 0 Å². The molecule has 0 aromatic heterocycles. The lowest BCUT2D eigenvalue weighted by Gasteiger charge is -2.36. The average Bonchev–Trinajstić information content (AvgIpc) is 2.15. The second-order valence-electron chi connectivity index (χ2n) is 4.90. The predicted molar refractivity (Wildman–Crippen MR) is 60.6 cm³/mol. The lowest BCUT2D eigenvalue weighted by molar-refractivity contribution is -0.127. The monoisotopic (exact) mass is 210 g/mol. The highest BCUT2D eigenvalue weighted by molar-refractivity contribution is 5.81. The van der Waals surface area contributed by atoms with E-state index in [4.69, 9.17) is 0 Å². The minimum atomic E-state index is 0.146. The minimum absolute atomic E-state index is 0.146. The van der Waals surface area contributed by atoms with Gasteiger partial charge in [0.25, 0.3) is 0 Å². The highest BCUT2D eigenvalue weighted by Crippen LogP contribution is 2.39. The van der Waals surface area contributed by atoms with Crippen molar-refractivity contribution in [2.75, 3.05) is 0 Å². The Morgan fingerprint density at radius 2 is 1.73 bits per heavy atom. The van der Waals surface area contributed by atoms with Gasteiger partial charge in [0.2, 0.25) is 0 Å². The van der Waals surface area contributed by atoms with E-state index < -0.39 is 0 Å². The largest absolute Gasteiger partial charge is 0.300 e. The molecule has 3 atom stereocenters. The first-order valence-electron chi connectivity index (χ1n) is 6.06. The van der Waals surface area contributed by atoms with Crippen molar-refractivity contribution >= 4 is 11.6 Å². The van der Waals surface area contributed by atoms with Gasteiger partial charge in [0.1, 0.15) is 11.6 Å². The van der Waals surface area contributed by atoms with Gasteiger partial charge in [-0.25, -0.2) is 0 Å². The first-order valence-corrected chi connectivity index (χ1v) is 6.06. The van der Waals surface area contributed by atoms with Crippen molar-refractivity contribution in [2.45, 2.75) is 52.9 Å². The summed E-state index contributed by atoms with van der Waals surface area (Å²) in [5.74, 6) is 1.49. The molecular weight excluding hydrogens is 188 g/mol. The SMILES string of the molecule is CC[C@H]1CCC[C@@H](CC(C)=O)[C@@H]1C(C)=O. The van der Waals surface area contributed by atoms with Crippen molar-refractivity contribution in [3.8, 4) is 0 Å². The second kappa shape index (κ2) is 5.43. The molecule has 0 aromatic carbocycles. The summed E-state index contributed by atoms with van der Waals surface area (Å²) in [6.07, 6.45) is 5.06. The molecule has 1 saturated carbocycles. The lowest BCUT2D eigenvalue weighted by atomic mass is 9.68. The number of carbonyl (C=O) groups excluding carboxylic acids is 2. The molecular formula is C13H22O2. The van der Waals surface area contributed by atoms with Gasteiger partial charge in [-0.3, -0.25) is 4.79 Å². The molecule has 1 rings (SSSR count). The van der Waals surface area contributed by atoms with Gasteiger partial charge >= 0.3 is 0 Å². The van der Waals surface area contributed by atoms with E-state index >= 15 is 0 Å². The van der Waals surface area contributed by atoms with Crippen molar-refractivity contribution < 1.29 is 9.59 Å². The van der Waals surface area contributed by atoms with Crippen LogP contribution < -0.4 is 0 Å². The molecule has 86 valence electrons. The highest BCUT2D eigenvalue weighted by Gasteiger charge is 2.35. The number of hydrogen-bond acceptors (Lipinski definition) is 2. The Bertz CT molecular complexity index is 245. The summed E-state index contributed by atoms with van der Waals surface area (Å²) in [6, 6.07) is 0. The molecule has 2 nitrogen and oxygen atoms in total. The zero-order chi connectivity index (χ0) is 11.4. The van der Waals surface area contributed by atoms with Gasteiger partial charge in [0.05, 0.1) is 0 Å². The van der Waals surface area contributed by atoms with Crippen LogP contribution in [-0.4, -0.2) is 11.6 Å². The van der Waals surface area contributed by atoms with E-state index in [2.05, 4.69) is 6.92 Å². The van der Waals surface area contributed by atoms with Crippen LogP contribution in [0.5, 0.6) is 0 Å². The average molecular weight is 210 g/mol. The summed E-state index contributed by atoms with van der Waals surface area (Å²) in [7, 11) is 0. The van der Waals surface area contributed by atoms with Crippen LogP contribution in [0.1, 0.15) is 52.9 Å². The fraction of sp³-hybridized carbons (Fsp3) is 0.846. The number of rotatable bonds is 4. The van der Waals surface area contributed by atoms with E-state index in [0.29, 0.717) is 18.3 Å². The topological polar surface area (TPSA) is 34.1 Å². The van der Waals surface area contributed by atoms with Crippen LogP contribution >= 0.6 is 0 Å². The molecule has 0 unspecified atom stereocenters. The fourth-order valence-corrected chi connectivity index (χ4v) is 3.11. The summed E-state index contributed by atoms with van der Waals surface area (Å²) in [5, 5.41) is 0. The van der Waals surface area contributed by atoms with Gasteiger partial charge < -0.3 is 4.79 Å². The van der Waals surface area contributed by atoms with E-state index in [-0.39, 0.29) is 17.5 Å². The zero-order valence-electron chi connectivity index (χ0n) is 10.1. The summed E-state index contributed by atoms with van der Waals surface area (Å²) in [6.45, 7) is 5.47. The van der Waals surface area contributed by atoms with E-state index in [1.807, 2.05) is 0 Å². The molecule has 0 spiro atoms. The standard InChI is InChI=1S/C13H22O2/c1-4-11-6-5-7-12(8-9(2)14)13(11)10(3)15/h11-13H,4-8H2,1-3H3/t11-,12-,13+/m0/s1. The van der Waals surface area contributed by atoms with Crippen LogP contribution in [0.15, 0.2) is 0 Å². The number of Topliss-reactive ketones (excluding diaryl/α,β-unsaturated/α-hetero) is 2. The highest BCUT2D eigenvalue weighted by atomic mass is 16.1. The number of carbonyl (C=O) groups is 2. The van der Waals surface area contributed by atoms with Crippen LogP contribution in [0, 0.1) is 17.8 Å². The Hall–Kier alpha value is -0.660. The Labute approximate surface area is 92.4 Å². The van der Waals surface area contributed by atoms with Gasteiger partial charge in [-0.05, 0) is 38.5 Å². The maximum absolute atomic E-state index is 11.6. The van der Waals surface area contributed by atoms with E-state index in [1.54, 1.807) is 13.8 Å². The third-order valence-corrected chi connectivity index (χ3v) is 3.71. The fourth-order valence-electron chi connectivity index (χ4n) is 3.11. The number of hydrogen-bond donors (Lipinski definition) is 0. The second-order valence-corrected chi connectivity index (χ2v) is 4.90. The van der Waals surface area contributed by atoms with Crippen LogP contribution in [0.25, 0.3) is 0 Å². The molecule has 0 heterocycles. The van der Waals surface area contributed by atoms with E-state index in [1.165, 1.54) is 6.42 Å². The molecule has 0 N–H and O–H groups in total. The first kappa shape index (κ1) is 12.4. The molecule has 1 aliphatic rings. The molecule has 0 saturated heterocycles. The molecule has 0 radical (unpaired) electrons. The Balaban J connectivity index is 2.74. The van der Waals surface area contributed by atoms with Gasteiger partial charge in [-0.2, -0.15) is 0 Å². The molecule has 2 heteroatoms. The third kappa shape index (κ3) is 3.15. The molecule has 1 aliphatic carbocycles. The third-order valence-electron chi connectivity index (χ3n) is 3.71. The van der Waals surface area contributed by atoms with Gasteiger partial charge in [0.15, 0.2) is 0 Å². The van der Waals surface area contributed by atoms with Crippen LogP contribution in [0.2, 0.25) is 0 Å². The van der Waals surface area contributed by atoms with Crippen molar-refractivity contribution in [3.05, 3.63) is 0 Å². The van der Waals surface area contributed by atoms with Crippen molar-refractivity contribution in [2.24, 2.45) is 17.8 Å². The lowest BCUT2D eigenvalue weighted by Crippen LogP contribution is -2.34. The molecule has 0 amide bonds. The van der Waals surface area contributed by atoms with Crippen molar-refractivity contribution in [3.63, 3.8) is 0 Å². The maximum atomic E-state index is 11.6. The van der Waals surface area contributed by atoms with Crippen molar-refractivity contribution in [1.29, 1.82) is 0 Å². The van der Waals surface area contributed by atoms with E-state index in [9.17, 15) is 9.59 Å². The molecule has 1 fully saturated rings.